The van der Waals surface area contributed by atoms with E-state index >= 15 is 0 Å². The van der Waals surface area contributed by atoms with E-state index < -0.39 is 0 Å². The van der Waals surface area contributed by atoms with Gasteiger partial charge in [-0.05, 0) is 30.9 Å². The predicted molar refractivity (Wildman–Crippen MR) is 64.4 cm³/mol. The number of fused-ring (bicyclic) bond motifs is 4. The van der Waals surface area contributed by atoms with E-state index in [4.69, 9.17) is 0 Å². The molecule has 0 unspecified atom stereocenters. The fourth-order valence-electron chi connectivity index (χ4n) is 3.32. The fraction of sp³-hybridized carbons (Fsp3) is 0.400. The third-order valence-electron chi connectivity index (χ3n) is 4.20. The standard InChI is InChI=1S/C15H16O/c1-14-8-5-9-15(2,13(14)16)12-7-4-3-6-11(12)10-14/h3-7,9H,8,10H2,1-2H3/t14-,15+/m0/s1. The molecule has 0 spiro atoms. The van der Waals surface area contributed by atoms with Crippen molar-refractivity contribution in [1.29, 1.82) is 0 Å². The lowest BCUT2D eigenvalue weighted by atomic mass is 9.56. The normalized spacial score (nSPS) is 36.0. The molecule has 1 nitrogen and oxygen atoms in total. The highest BCUT2D eigenvalue weighted by Crippen LogP contribution is 2.48. The summed E-state index contributed by atoms with van der Waals surface area (Å²) in [5, 5.41) is 0. The Labute approximate surface area is 96.2 Å². The molecular formula is C15H16O. The molecule has 0 fully saturated rings. The van der Waals surface area contributed by atoms with E-state index in [0.29, 0.717) is 5.78 Å². The van der Waals surface area contributed by atoms with Gasteiger partial charge in [0.05, 0.1) is 5.41 Å². The van der Waals surface area contributed by atoms with Gasteiger partial charge in [0.2, 0.25) is 0 Å². The van der Waals surface area contributed by atoms with Gasteiger partial charge in [0.15, 0.2) is 5.78 Å². The highest BCUT2D eigenvalue weighted by Gasteiger charge is 2.50. The topological polar surface area (TPSA) is 17.1 Å². The molecule has 0 heterocycles. The van der Waals surface area contributed by atoms with E-state index in [1.54, 1.807) is 0 Å². The van der Waals surface area contributed by atoms with Crippen LogP contribution in [0.2, 0.25) is 0 Å². The Morgan fingerprint density at radius 2 is 1.94 bits per heavy atom. The summed E-state index contributed by atoms with van der Waals surface area (Å²) in [6.45, 7) is 4.16. The number of hydrogen-bond donors (Lipinski definition) is 0. The van der Waals surface area contributed by atoms with Crippen molar-refractivity contribution in [2.45, 2.75) is 32.1 Å². The minimum Gasteiger partial charge on any atom is -0.298 e. The Hall–Kier alpha value is -1.37. The van der Waals surface area contributed by atoms with E-state index in [1.807, 2.05) is 6.07 Å². The van der Waals surface area contributed by atoms with Gasteiger partial charge in [-0.2, -0.15) is 0 Å². The number of benzene rings is 1. The highest BCUT2D eigenvalue weighted by atomic mass is 16.1. The number of rotatable bonds is 0. The van der Waals surface area contributed by atoms with Crippen LogP contribution in [0.5, 0.6) is 0 Å². The molecule has 3 rings (SSSR count). The van der Waals surface area contributed by atoms with Crippen LogP contribution in [-0.4, -0.2) is 5.78 Å². The van der Waals surface area contributed by atoms with E-state index in [2.05, 4.69) is 44.2 Å². The molecule has 82 valence electrons. The molecular weight excluding hydrogens is 196 g/mol. The summed E-state index contributed by atoms with van der Waals surface area (Å²) in [5.74, 6) is 0.390. The summed E-state index contributed by atoms with van der Waals surface area (Å²) in [5.41, 5.74) is 1.98. The van der Waals surface area contributed by atoms with Gasteiger partial charge in [0, 0.05) is 5.41 Å². The van der Waals surface area contributed by atoms with Crippen molar-refractivity contribution in [3.05, 3.63) is 47.5 Å². The van der Waals surface area contributed by atoms with Gasteiger partial charge in [-0.3, -0.25) is 4.79 Å². The maximum absolute atomic E-state index is 12.6. The van der Waals surface area contributed by atoms with Gasteiger partial charge < -0.3 is 0 Å². The van der Waals surface area contributed by atoms with Crippen LogP contribution in [0.3, 0.4) is 0 Å². The third kappa shape index (κ3) is 1.03. The van der Waals surface area contributed by atoms with Crippen LogP contribution in [0, 0.1) is 5.41 Å². The fourth-order valence-corrected chi connectivity index (χ4v) is 3.32. The van der Waals surface area contributed by atoms with Crippen molar-refractivity contribution in [2.24, 2.45) is 5.41 Å². The monoisotopic (exact) mass is 212 g/mol. The number of allylic oxidation sites excluding steroid dienone is 2. The highest BCUT2D eigenvalue weighted by molar-refractivity contribution is 5.99. The average Bonchev–Trinajstić information content (AvgIpc) is 2.25. The van der Waals surface area contributed by atoms with Gasteiger partial charge in [0.1, 0.15) is 0 Å². The average molecular weight is 212 g/mol. The Kier molecular flexibility index (Phi) is 1.75. The van der Waals surface area contributed by atoms with Crippen molar-refractivity contribution >= 4 is 5.78 Å². The zero-order valence-electron chi connectivity index (χ0n) is 9.79. The molecule has 2 atom stereocenters. The van der Waals surface area contributed by atoms with Crippen LogP contribution >= 0.6 is 0 Å². The van der Waals surface area contributed by atoms with Gasteiger partial charge in [-0.1, -0.05) is 43.3 Å². The van der Waals surface area contributed by atoms with E-state index in [-0.39, 0.29) is 10.8 Å². The quantitative estimate of drug-likeness (QED) is 0.604. The molecule has 2 aliphatic carbocycles. The minimum absolute atomic E-state index is 0.183. The second-order valence-corrected chi connectivity index (χ2v) is 5.53. The zero-order chi connectivity index (χ0) is 11.4. The van der Waals surface area contributed by atoms with Crippen LogP contribution in [0.4, 0.5) is 0 Å². The Balaban J connectivity index is 2.31. The third-order valence-corrected chi connectivity index (χ3v) is 4.20. The summed E-state index contributed by atoms with van der Waals surface area (Å²) in [4.78, 5) is 12.6. The molecule has 0 saturated heterocycles. The summed E-state index contributed by atoms with van der Waals surface area (Å²) in [6.07, 6.45) is 6.05. The molecule has 2 bridgehead atoms. The maximum atomic E-state index is 12.6. The second-order valence-electron chi connectivity index (χ2n) is 5.53. The summed E-state index contributed by atoms with van der Waals surface area (Å²) in [6, 6.07) is 8.36. The van der Waals surface area contributed by atoms with Crippen molar-refractivity contribution in [2.75, 3.05) is 0 Å². The summed E-state index contributed by atoms with van der Waals surface area (Å²) < 4.78 is 0. The number of hydrogen-bond acceptors (Lipinski definition) is 1. The lowest BCUT2D eigenvalue weighted by Crippen LogP contribution is -2.49. The van der Waals surface area contributed by atoms with Crippen molar-refractivity contribution in [3.63, 3.8) is 0 Å². The molecule has 0 N–H and O–H groups in total. The zero-order valence-corrected chi connectivity index (χ0v) is 9.79. The first-order chi connectivity index (χ1) is 7.56. The van der Waals surface area contributed by atoms with Gasteiger partial charge in [-0.25, -0.2) is 0 Å². The van der Waals surface area contributed by atoms with Crippen molar-refractivity contribution < 1.29 is 4.79 Å². The van der Waals surface area contributed by atoms with Crippen LogP contribution in [0.1, 0.15) is 31.4 Å². The maximum Gasteiger partial charge on any atom is 0.153 e. The summed E-state index contributed by atoms with van der Waals surface area (Å²) >= 11 is 0. The number of ketones is 1. The van der Waals surface area contributed by atoms with Crippen LogP contribution in [0.15, 0.2) is 36.4 Å². The molecule has 0 amide bonds. The largest absolute Gasteiger partial charge is 0.298 e. The molecule has 1 heteroatoms. The van der Waals surface area contributed by atoms with E-state index in [0.717, 1.165) is 12.8 Å². The number of carbonyl (C=O) groups excluding carboxylic acids is 1. The molecule has 1 aromatic carbocycles. The minimum atomic E-state index is -0.387. The SMILES string of the molecule is C[C@@]12CC=C[C@@](C)(C1=O)c1ccccc1C2. The summed E-state index contributed by atoms with van der Waals surface area (Å²) in [7, 11) is 0. The Morgan fingerprint density at radius 1 is 1.19 bits per heavy atom. The molecule has 2 aliphatic rings. The second kappa shape index (κ2) is 2.85. The number of carbonyl (C=O) groups is 1. The Morgan fingerprint density at radius 3 is 2.75 bits per heavy atom. The first-order valence-corrected chi connectivity index (χ1v) is 5.87. The predicted octanol–water partition coefficient (Wildman–Crippen LogP) is 3.04. The molecule has 0 aliphatic heterocycles. The Bertz CT molecular complexity index is 500. The smallest absolute Gasteiger partial charge is 0.153 e. The van der Waals surface area contributed by atoms with Crippen molar-refractivity contribution in [1.82, 2.24) is 0 Å². The van der Waals surface area contributed by atoms with Gasteiger partial charge >= 0.3 is 0 Å². The lowest BCUT2D eigenvalue weighted by Gasteiger charge is -2.45. The van der Waals surface area contributed by atoms with Crippen LogP contribution < -0.4 is 0 Å². The molecule has 1 aromatic rings. The number of Topliss-reactive ketones (excluding diaryl/α,β-unsaturated/α-hetero) is 1. The van der Waals surface area contributed by atoms with Crippen LogP contribution in [-0.2, 0) is 16.6 Å². The van der Waals surface area contributed by atoms with Gasteiger partial charge in [0.25, 0.3) is 0 Å². The van der Waals surface area contributed by atoms with E-state index in [9.17, 15) is 4.79 Å². The van der Waals surface area contributed by atoms with Crippen molar-refractivity contribution in [3.8, 4) is 0 Å². The van der Waals surface area contributed by atoms with Crippen LogP contribution in [0.25, 0.3) is 0 Å². The molecule has 0 radical (unpaired) electrons. The first kappa shape index (κ1) is 9.83. The van der Waals surface area contributed by atoms with Gasteiger partial charge in [-0.15, -0.1) is 0 Å². The molecule has 16 heavy (non-hydrogen) atoms. The molecule has 0 saturated carbocycles. The van der Waals surface area contributed by atoms with E-state index in [1.165, 1.54) is 11.1 Å². The first-order valence-electron chi connectivity index (χ1n) is 5.87. The molecule has 0 aromatic heterocycles. The lowest BCUT2D eigenvalue weighted by molar-refractivity contribution is -0.133.